The molecule has 0 radical (unpaired) electrons. The van der Waals surface area contributed by atoms with Gasteiger partial charge in [0.05, 0.1) is 0 Å². The van der Waals surface area contributed by atoms with Crippen molar-refractivity contribution in [3.8, 4) is 23.0 Å². The van der Waals surface area contributed by atoms with Crippen molar-refractivity contribution in [1.29, 1.82) is 0 Å². The van der Waals surface area contributed by atoms with Gasteiger partial charge >= 0.3 is 0 Å². The Morgan fingerprint density at radius 2 is 0.625 bits per heavy atom. The third-order valence-corrected chi connectivity index (χ3v) is 13.0. The average molecular weight is 873 g/mol. The number of carbonyl (C=O) groups excluding carboxylic acids is 2. The molecule has 64 heavy (non-hydrogen) atoms. The minimum Gasteiger partial charge on any atom is -0.507 e. The Labute approximate surface area is 384 Å². The molecule has 4 aromatic rings. The number of hydrogen-bond donors (Lipinski definition) is 4. The number of phenols is 2. The van der Waals surface area contributed by atoms with Crippen molar-refractivity contribution in [2.75, 3.05) is 26.3 Å². The monoisotopic (exact) mass is 873 g/mol. The predicted molar refractivity (Wildman–Crippen MR) is 260 cm³/mol. The summed E-state index contributed by atoms with van der Waals surface area (Å²) in [6.07, 6.45) is 7.21. The van der Waals surface area contributed by atoms with Gasteiger partial charge in [0.1, 0.15) is 23.0 Å². The molecule has 2 amide bonds. The number of ether oxygens (including phenoxy) is 2. The first-order valence-electron chi connectivity index (χ1n) is 23.7. The Balaban J connectivity index is 1.70. The van der Waals surface area contributed by atoms with Crippen LogP contribution in [0.25, 0.3) is 0 Å². The number of nitrogens with one attached hydrogen (secondary N) is 2. The van der Waals surface area contributed by atoms with Crippen LogP contribution in [0.4, 0.5) is 0 Å². The summed E-state index contributed by atoms with van der Waals surface area (Å²) < 4.78 is 13.4. The molecule has 1 aliphatic heterocycles. The molecule has 2 aliphatic rings. The van der Waals surface area contributed by atoms with Gasteiger partial charge in [0, 0.05) is 38.8 Å². The molecule has 8 heteroatoms. The van der Waals surface area contributed by atoms with Gasteiger partial charge in [-0.15, -0.1) is 0 Å². The van der Waals surface area contributed by atoms with Crippen molar-refractivity contribution < 1.29 is 29.3 Å². The largest absolute Gasteiger partial charge is 0.507 e. The fraction of sp³-hybridized carbons (Fsp3) is 0.536. The van der Waals surface area contributed by atoms with Gasteiger partial charge in [-0.3, -0.25) is 9.59 Å². The first-order chi connectivity index (χ1) is 29.9. The molecule has 346 valence electrons. The molecule has 0 saturated carbocycles. The zero-order valence-electron chi connectivity index (χ0n) is 41.0. The second kappa shape index (κ2) is 19.2. The summed E-state index contributed by atoms with van der Waals surface area (Å²) in [5.41, 5.74) is 9.77. The molecule has 10 bridgehead atoms. The van der Waals surface area contributed by atoms with Gasteiger partial charge in [0.15, 0.2) is 13.2 Å². The van der Waals surface area contributed by atoms with E-state index in [1.165, 1.54) is 0 Å². The maximum Gasteiger partial charge on any atom is 0.257 e. The number of phenolic OH excluding ortho intramolecular Hbond substituents is 2. The summed E-state index contributed by atoms with van der Waals surface area (Å²) in [5, 5.41) is 31.2. The lowest BCUT2D eigenvalue weighted by Crippen LogP contribution is -2.30. The summed E-state index contributed by atoms with van der Waals surface area (Å²) in [6, 6.07) is 17.1. The number of aromatic hydroxyl groups is 2. The normalized spacial score (nSPS) is 16.6. The van der Waals surface area contributed by atoms with E-state index in [4.69, 9.17) is 9.47 Å². The second-order valence-electron chi connectivity index (χ2n) is 22.6. The minimum atomic E-state index is -0.254. The number of hydrogen-bond acceptors (Lipinski definition) is 6. The van der Waals surface area contributed by atoms with Crippen LogP contribution in [0.5, 0.6) is 23.0 Å². The molecule has 4 N–H and O–H groups in total. The Hall–Kier alpha value is -4.98. The van der Waals surface area contributed by atoms with Gasteiger partial charge in [0.2, 0.25) is 0 Å². The molecular formula is C56H76N2O6. The summed E-state index contributed by atoms with van der Waals surface area (Å²) in [5.74, 6) is 1.21. The van der Waals surface area contributed by atoms with Crippen molar-refractivity contribution in [2.24, 2.45) is 0 Å². The molecule has 0 spiro atoms. The van der Waals surface area contributed by atoms with E-state index < -0.39 is 0 Å². The SMILES string of the molecule is CC(C)(C)c1cc2c(O)c(c1)Cc1cc(C(C)(C)C)cc3c1OCC(=O)NCCCCCCCCNC(=O)COc1c(cc(C(C)(C)C)cc1Cc1cc(C(C)(C)C)cc(c1O)C3)C2. The number of amides is 2. The molecule has 0 unspecified atom stereocenters. The lowest BCUT2D eigenvalue weighted by molar-refractivity contribution is -0.123. The molecule has 8 nitrogen and oxygen atoms in total. The van der Waals surface area contributed by atoms with Gasteiger partial charge in [-0.2, -0.15) is 0 Å². The van der Waals surface area contributed by atoms with E-state index in [-0.39, 0.29) is 58.2 Å². The highest BCUT2D eigenvalue weighted by Crippen LogP contribution is 2.44. The topological polar surface area (TPSA) is 117 Å². The quantitative estimate of drug-likeness (QED) is 0.123. The smallest absolute Gasteiger partial charge is 0.257 e. The molecule has 0 saturated heterocycles. The predicted octanol–water partition coefficient (Wildman–Crippen LogP) is 11.3. The van der Waals surface area contributed by atoms with Gasteiger partial charge < -0.3 is 30.3 Å². The van der Waals surface area contributed by atoms with Crippen LogP contribution < -0.4 is 20.1 Å². The Bertz CT molecular complexity index is 2090. The van der Waals surface area contributed by atoms with Gasteiger partial charge in [-0.05, 0) is 101 Å². The van der Waals surface area contributed by atoms with E-state index in [9.17, 15) is 19.8 Å². The fourth-order valence-electron chi connectivity index (χ4n) is 8.81. The minimum absolute atomic E-state index is 0.160. The highest BCUT2D eigenvalue weighted by Gasteiger charge is 2.29. The lowest BCUT2D eigenvalue weighted by atomic mass is 9.79. The first kappa shape index (κ1) is 48.5. The van der Waals surface area contributed by atoms with Crippen molar-refractivity contribution in [2.45, 2.75) is 169 Å². The van der Waals surface area contributed by atoms with Crippen LogP contribution in [-0.4, -0.2) is 48.3 Å². The van der Waals surface area contributed by atoms with E-state index in [2.05, 4.69) is 142 Å². The van der Waals surface area contributed by atoms with Crippen LogP contribution in [0.3, 0.4) is 0 Å². The van der Waals surface area contributed by atoms with E-state index in [0.29, 0.717) is 50.3 Å². The van der Waals surface area contributed by atoms with Crippen LogP contribution in [0.2, 0.25) is 0 Å². The number of carbonyl (C=O) groups is 2. The molecule has 1 heterocycles. The molecule has 1 aliphatic carbocycles. The average Bonchev–Trinajstić information content (AvgIpc) is 3.18. The molecule has 6 rings (SSSR count). The summed E-state index contributed by atoms with van der Waals surface area (Å²) in [6.45, 7) is 27.0. The van der Waals surface area contributed by atoms with Crippen LogP contribution in [0.15, 0.2) is 48.5 Å². The third kappa shape index (κ3) is 12.0. The zero-order chi connectivity index (χ0) is 46.8. The van der Waals surface area contributed by atoms with Crippen LogP contribution in [-0.2, 0) is 56.9 Å². The summed E-state index contributed by atoms with van der Waals surface area (Å²) in [7, 11) is 0. The molecule has 0 fully saturated rings. The zero-order valence-corrected chi connectivity index (χ0v) is 41.0. The van der Waals surface area contributed by atoms with Crippen molar-refractivity contribution in [1.82, 2.24) is 10.6 Å². The van der Waals surface area contributed by atoms with E-state index in [0.717, 1.165) is 105 Å². The Morgan fingerprint density at radius 1 is 0.391 bits per heavy atom. The van der Waals surface area contributed by atoms with Crippen molar-refractivity contribution >= 4 is 11.8 Å². The third-order valence-electron chi connectivity index (χ3n) is 13.0. The highest BCUT2D eigenvalue weighted by atomic mass is 16.5. The lowest BCUT2D eigenvalue weighted by Gasteiger charge is -2.28. The Morgan fingerprint density at radius 3 is 0.875 bits per heavy atom. The molecule has 4 aromatic carbocycles. The van der Waals surface area contributed by atoms with Gasteiger partial charge in [-0.1, -0.05) is 157 Å². The van der Waals surface area contributed by atoms with Crippen LogP contribution in [0, 0.1) is 0 Å². The maximum atomic E-state index is 13.5. The summed E-state index contributed by atoms with van der Waals surface area (Å²) >= 11 is 0. The van der Waals surface area contributed by atoms with Gasteiger partial charge in [-0.25, -0.2) is 0 Å². The second-order valence-corrected chi connectivity index (χ2v) is 22.6. The number of fused-ring (bicyclic) bond motifs is 2. The maximum absolute atomic E-state index is 13.5. The number of rotatable bonds is 0. The van der Waals surface area contributed by atoms with E-state index >= 15 is 0 Å². The molecular weight excluding hydrogens is 797 g/mol. The first-order valence-corrected chi connectivity index (χ1v) is 23.7. The number of benzene rings is 4. The summed E-state index contributed by atoms with van der Waals surface area (Å²) in [4.78, 5) is 27.0. The molecule has 0 atom stereocenters. The molecule has 0 aromatic heterocycles. The van der Waals surface area contributed by atoms with Crippen LogP contribution >= 0.6 is 0 Å². The van der Waals surface area contributed by atoms with E-state index in [1.807, 2.05) is 0 Å². The standard InChI is InChI=1S/C56H76N2O6/c1-53(2,3)43-25-35-21-39-29-45(55(7,8)9)31-41-23-37-27-44(54(4,5)6)28-38(50(37)62)24-42-32-46(56(10,11)12)30-40(22-36(26-43)49(35)61)52(42)64-34-48(60)58-20-18-16-14-13-15-17-19-57-47(59)33-63-51(39)41/h25-32,61-62H,13-24,33-34H2,1-12H3,(H,57,59)(H,58,60). The van der Waals surface area contributed by atoms with E-state index in [1.54, 1.807) is 0 Å². The van der Waals surface area contributed by atoms with Crippen molar-refractivity contribution in [3.05, 3.63) is 115 Å². The van der Waals surface area contributed by atoms with Crippen molar-refractivity contribution in [3.63, 3.8) is 0 Å². The Kier molecular flexibility index (Phi) is 14.6. The highest BCUT2D eigenvalue weighted by molar-refractivity contribution is 5.78. The fourth-order valence-corrected chi connectivity index (χ4v) is 8.81. The van der Waals surface area contributed by atoms with Crippen LogP contribution in [0.1, 0.15) is 188 Å². The van der Waals surface area contributed by atoms with Gasteiger partial charge in [0.25, 0.3) is 11.8 Å².